The largest absolute Gasteiger partial charge is 0.493 e. The van der Waals surface area contributed by atoms with Gasteiger partial charge in [0.2, 0.25) is 0 Å². The molecule has 5 rings (SSSR count). The van der Waals surface area contributed by atoms with E-state index in [2.05, 4.69) is 33.4 Å². The molecule has 0 radical (unpaired) electrons. The van der Waals surface area contributed by atoms with Crippen molar-refractivity contribution in [2.45, 2.75) is 32.4 Å². The fourth-order valence-electron chi connectivity index (χ4n) is 4.79. The number of rotatable bonds is 6. The SMILES string of the molecule is COc1cc(-c2cc3cc(CN4CCCCC4)ccc3[nH]2)c2c(c1OS(C)(=O)=O)CNC2=O.Cl. The highest BCUT2D eigenvalue weighted by Gasteiger charge is 2.32. The maximum atomic E-state index is 12.7. The Labute approximate surface area is 205 Å². The molecule has 1 fully saturated rings. The van der Waals surface area contributed by atoms with Gasteiger partial charge >= 0.3 is 10.1 Å². The number of aromatic nitrogens is 1. The number of H-pyrrole nitrogens is 1. The molecule has 1 amide bonds. The van der Waals surface area contributed by atoms with Crippen LogP contribution in [0.3, 0.4) is 0 Å². The van der Waals surface area contributed by atoms with Crippen molar-refractivity contribution >= 4 is 39.3 Å². The van der Waals surface area contributed by atoms with Gasteiger partial charge in [-0.05, 0) is 55.8 Å². The van der Waals surface area contributed by atoms with Gasteiger partial charge < -0.3 is 19.2 Å². The molecule has 8 nitrogen and oxygen atoms in total. The topological polar surface area (TPSA) is 101 Å². The summed E-state index contributed by atoms with van der Waals surface area (Å²) in [5.41, 5.74) is 4.50. The molecule has 2 N–H and O–H groups in total. The second-order valence-electron chi connectivity index (χ2n) is 8.72. The molecule has 2 aliphatic rings. The lowest BCUT2D eigenvalue weighted by molar-refractivity contribution is 0.0966. The Balaban J connectivity index is 0.00000274. The fourth-order valence-corrected chi connectivity index (χ4v) is 5.27. The first-order valence-electron chi connectivity index (χ1n) is 11.1. The van der Waals surface area contributed by atoms with Crippen LogP contribution in [0.4, 0.5) is 0 Å². The number of carbonyl (C=O) groups is 1. The van der Waals surface area contributed by atoms with Gasteiger partial charge in [-0.2, -0.15) is 8.42 Å². The normalized spacial score (nSPS) is 16.1. The van der Waals surface area contributed by atoms with Crippen LogP contribution in [0.15, 0.2) is 30.3 Å². The van der Waals surface area contributed by atoms with Crippen LogP contribution in [0, 0.1) is 0 Å². The summed E-state index contributed by atoms with van der Waals surface area (Å²) >= 11 is 0. The minimum Gasteiger partial charge on any atom is -0.493 e. The van der Waals surface area contributed by atoms with Crippen LogP contribution in [-0.4, -0.2) is 50.7 Å². The van der Waals surface area contributed by atoms with E-state index < -0.39 is 10.1 Å². The van der Waals surface area contributed by atoms with Gasteiger partial charge in [-0.25, -0.2) is 0 Å². The van der Waals surface area contributed by atoms with Gasteiger partial charge in [0.1, 0.15) is 0 Å². The summed E-state index contributed by atoms with van der Waals surface area (Å²) in [4.78, 5) is 18.6. The number of benzene rings is 2. The first kappa shape index (κ1) is 24.4. The van der Waals surface area contributed by atoms with Gasteiger partial charge in [0, 0.05) is 40.8 Å². The van der Waals surface area contributed by atoms with Gasteiger partial charge in [0.05, 0.1) is 18.9 Å². The molecule has 3 aromatic rings. The number of nitrogens with one attached hydrogen (secondary N) is 2. The van der Waals surface area contributed by atoms with Crippen molar-refractivity contribution in [2.75, 3.05) is 26.5 Å². The summed E-state index contributed by atoms with van der Waals surface area (Å²) in [5.74, 6) is 0.0394. The molecule has 34 heavy (non-hydrogen) atoms. The lowest BCUT2D eigenvalue weighted by atomic mass is 9.98. The summed E-state index contributed by atoms with van der Waals surface area (Å²) in [7, 11) is -2.35. The number of hydrogen-bond donors (Lipinski definition) is 2. The molecular weight excluding hydrogens is 478 g/mol. The van der Waals surface area contributed by atoms with E-state index in [1.54, 1.807) is 6.07 Å². The van der Waals surface area contributed by atoms with Crippen LogP contribution in [-0.2, 0) is 23.2 Å². The first-order valence-corrected chi connectivity index (χ1v) is 12.9. The number of likely N-dealkylation sites (tertiary alicyclic amines) is 1. The van der Waals surface area contributed by atoms with Crippen LogP contribution in [0.2, 0.25) is 0 Å². The Kier molecular flexibility index (Phi) is 6.80. The maximum Gasteiger partial charge on any atom is 0.306 e. The smallest absolute Gasteiger partial charge is 0.306 e. The summed E-state index contributed by atoms with van der Waals surface area (Å²) < 4.78 is 34.2. The monoisotopic (exact) mass is 505 g/mol. The number of fused-ring (bicyclic) bond motifs is 2. The summed E-state index contributed by atoms with van der Waals surface area (Å²) in [5, 5.41) is 3.83. The second-order valence-corrected chi connectivity index (χ2v) is 10.3. The number of amides is 1. The Morgan fingerprint density at radius 2 is 1.85 bits per heavy atom. The number of hydrogen-bond acceptors (Lipinski definition) is 6. The zero-order chi connectivity index (χ0) is 23.2. The first-order chi connectivity index (χ1) is 15.8. The number of piperidine rings is 1. The lowest BCUT2D eigenvalue weighted by Crippen LogP contribution is -2.28. The Bertz CT molecular complexity index is 1350. The number of ether oxygens (including phenoxy) is 1. The molecule has 0 aliphatic carbocycles. The van der Waals surface area contributed by atoms with E-state index in [0.717, 1.165) is 42.5 Å². The minimum absolute atomic E-state index is 0. The van der Waals surface area contributed by atoms with Crippen molar-refractivity contribution in [3.05, 3.63) is 47.0 Å². The molecule has 3 heterocycles. The van der Waals surface area contributed by atoms with Gasteiger partial charge in [-0.3, -0.25) is 9.69 Å². The van der Waals surface area contributed by atoms with Crippen molar-refractivity contribution in [1.82, 2.24) is 15.2 Å². The molecule has 2 aliphatic heterocycles. The fraction of sp³-hybridized carbons (Fsp3) is 0.375. The highest BCUT2D eigenvalue weighted by molar-refractivity contribution is 7.86. The summed E-state index contributed by atoms with van der Waals surface area (Å²) in [6.07, 6.45) is 4.79. The van der Waals surface area contributed by atoms with Gasteiger partial charge in [0.25, 0.3) is 5.91 Å². The van der Waals surface area contributed by atoms with Crippen molar-refractivity contribution in [3.8, 4) is 22.8 Å². The predicted octanol–water partition coefficient (Wildman–Crippen LogP) is 3.83. The molecule has 0 saturated carbocycles. The third-order valence-electron chi connectivity index (χ3n) is 6.28. The zero-order valence-corrected chi connectivity index (χ0v) is 20.8. The van der Waals surface area contributed by atoms with Gasteiger partial charge in [0.15, 0.2) is 11.5 Å². The molecular formula is C24H28ClN3O5S. The maximum absolute atomic E-state index is 12.7. The van der Waals surface area contributed by atoms with Crippen LogP contribution in [0.5, 0.6) is 11.5 Å². The average Bonchev–Trinajstić information content (AvgIpc) is 3.37. The van der Waals surface area contributed by atoms with E-state index in [4.69, 9.17) is 8.92 Å². The molecule has 0 spiro atoms. The average molecular weight is 506 g/mol. The number of nitrogens with zero attached hydrogens (tertiary/aromatic N) is 1. The van der Waals surface area contributed by atoms with Crippen LogP contribution >= 0.6 is 12.4 Å². The minimum atomic E-state index is -3.79. The molecule has 182 valence electrons. The number of methoxy groups -OCH3 is 1. The third kappa shape index (κ3) is 4.73. The third-order valence-corrected chi connectivity index (χ3v) is 6.75. The summed E-state index contributed by atoms with van der Waals surface area (Å²) in [6, 6.07) is 10.1. The van der Waals surface area contributed by atoms with E-state index in [0.29, 0.717) is 16.7 Å². The van der Waals surface area contributed by atoms with Crippen molar-refractivity contribution in [1.29, 1.82) is 0 Å². The zero-order valence-electron chi connectivity index (χ0n) is 19.1. The Hall–Kier alpha value is -2.75. The highest BCUT2D eigenvalue weighted by Crippen LogP contribution is 2.43. The highest BCUT2D eigenvalue weighted by atomic mass is 35.5. The predicted molar refractivity (Wildman–Crippen MR) is 133 cm³/mol. The van der Waals surface area contributed by atoms with E-state index in [-0.39, 0.29) is 36.4 Å². The second kappa shape index (κ2) is 9.48. The number of aromatic amines is 1. The molecule has 1 aromatic heterocycles. The standard InChI is InChI=1S/C24H27N3O5S.ClH/c1-31-21-12-17(22-18(13-25-24(22)28)23(21)32-33(2,29)30)20-11-16-10-15(6-7-19(16)26-20)14-27-8-4-3-5-9-27;/h6-7,10-12,26H,3-5,8-9,13-14H2,1-2H3,(H,25,28);1H. The quantitative estimate of drug-likeness (QED) is 0.494. The number of halogens is 1. The summed E-state index contributed by atoms with van der Waals surface area (Å²) in [6.45, 7) is 3.38. The Morgan fingerprint density at radius 1 is 1.09 bits per heavy atom. The van der Waals surface area contributed by atoms with Crippen molar-refractivity contribution < 1.29 is 22.1 Å². The van der Waals surface area contributed by atoms with Crippen molar-refractivity contribution in [2.24, 2.45) is 0 Å². The van der Waals surface area contributed by atoms with E-state index in [1.807, 2.05) is 6.07 Å². The van der Waals surface area contributed by atoms with Crippen LogP contribution in [0.25, 0.3) is 22.2 Å². The van der Waals surface area contributed by atoms with Gasteiger partial charge in [-0.15, -0.1) is 12.4 Å². The Morgan fingerprint density at radius 3 is 2.56 bits per heavy atom. The van der Waals surface area contributed by atoms with E-state index >= 15 is 0 Å². The molecule has 0 unspecified atom stereocenters. The molecule has 0 atom stereocenters. The lowest BCUT2D eigenvalue weighted by Gasteiger charge is -2.26. The molecule has 1 saturated heterocycles. The molecule has 2 aromatic carbocycles. The van der Waals surface area contributed by atoms with Crippen LogP contribution < -0.4 is 14.2 Å². The molecule has 10 heteroatoms. The molecule has 0 bridgehead atoms. The van der Waals surface area contributed by atoms with E-state index in [1.165, 1.54) is 31.9 Å². The van der Waals surface area contributed by atoms with E-state index in [9.17, 15) is 13.2 Å². The number of carbonyl (C=O) groups excluding carboxylic acids is 1. The van der Waals surface area contributed by atoms with Crippen molar-refractivity contribution in [3.63, 3.8) is 0 Å². The van der Waals surface area contributed by atoms with Crippen LogP contribution in [0.1, 0.15) is 40.7 Å². The van der Waals surface area contributed by atoms with Gasteiger partial charge in [-0.1, -0.05) is 12.5 Å².